The molecule has 0 amide bonds. The van der Waals surface area contributed by atoms with Crippen LogP contribution in [0.5, 0.6) is 0 Å². The average molecular weight is 450 g/mol. The minimum Gasteiger partial charge on any atom is -0.606 e. The van der Waals surface area contributed by atoms with Gasteiger partial charge in [-0.05, 0) is 48.0 Å². The maximum absolute atomic E-state index is 14.8. The van der Waals surface area contributed by atoms with E-state index < -0.39 is 23.0 Å². The Morgan fingerprint density at radius 2 is 1.84 bits per heavy atom. The van der Waals surface area contributed by atoms with E-state index in [2.05, 4.69) is 0 Å². The lowest BCUT2D eigenvalue weighted by atomic mass is 9.99. The van der Waals surface area contributed by atoms with Gasteiger partial charge < -0.3 is 14.1 Å². The van der Waals surface area contributed by atoms with Crippen LogP contribution in [0.15, 0.2) is 87.0 Å². The van der Waals surface area contributed by atoms with E-state index in [0.29, 0.717) is 46.3 Å². The molecule has 4 aromatic rings. The zero-order chi connectivity index (χ0) is 22.2. The van der Waals surface area contributed by atoms with E-state index in [-0.39, 0.29) is 5.92 Å². The lowest BCUT2D eigenvalue weighted by Crippen LogP contribution is -2.49. The van der Waals surface area contributed by atoms with Gasteiger partial charge in [-0.2, -0.15) is 0 Å². The Hall–Kier alpha value is -3.13. The lowest BCUT2D eigenvalue weighted by Gasteiger charge is -2.36. The molecule has 1 aliphatic rings. The molecule has 0 bridgehead atoms. The zero-order valence-corrected chi connectivity index (χ0v) is 17.8. The molecule has 32 heavy (non-hydrogen) atoms. The number of hydrogen-bond acceptors (Lipinski definition) is 4. The summed E-state index contributed by atoms with van der Waals surface area (Å²) in [5, 5.41) is 9.73. The van der Waals surface area contributed by atoms with Crippen molar-refractivity contribution in [2.75, 3.05) is 13.1 Å². The van der Waals surface area contributed by atoms with E-state index in [9.17, 15) is 13.7 Å². The second-order valence-corrected chi connectivity index (χ2v) is 9.42. The van der Waals surface area contributed by atoms with Crippen LogP contribution >= 0.6 is 0 Å². The Morgan fingerprint density at radius 1 is 1.06 bits per heavy atom. The van der Waals surface area contributed by atoms with Gasteiger partial charge in [0.25, 0.3) is 0 Å². The van der Waals surface area contributed by atoms with Gasteiger partial charge in [-0.15, -0.1) is 0 Å². The van der Waals surface area contributed by atoms with Gasteiger partial charge in [0.15, 0.2) is 9.79 Å². The van der Waals surface area contributed by atoms with Crippen molar-refractivity contribution in [3.05, 3.63) is 84.2 Å². The van der Waals surface area contributed by atoms with Crippen molar-refractivity contribution < 1.29 is 23.3 Å². The number of benzene rings is 3. The van der Waals surface area contributed by atoms with Crippen LogP contribution in [0.4, 0.5) is 4.39 Å². The smallest absolute Gasteiger partial charge is 0.309 e. The highest BCUT2D eigenvalue weighted by molar-refractivity contribution is 7.91. The minimum atomic E-state index is -1.31. The SMILES string of the molecule is O=C(O)C1CN(Cc2ccc(-c3cc4cc([S+]([O-])c5ccccc5)ccc4o3)c(F)c2)C1. The molecule has 1 saturated heterocycles. The van der Waals surface area contributed by atoms with Crippen molar-refractivity contribution in [1.82, 2.24) is 4.90 Å². The number of furan rings is 1. The number of carboxylic acid groups (broad SMARTS) is 1. The summed E-state index contributed by atoms with van der Waals surface area (Å²) >= 11 is -1.31. The van der Waals surface area contributed by atoms with Crippen LogP contribution in [-0.2, 0) is 22.5 Å². The van der Waals surface area contributed by atoms with E-state index in [1.54, 1.807) is 30.3 Å². The highest BCUT2D eigenvalue weighted by atomic mass is 32.2. The molecule has 0 saturated carbocycles. The van der Waals surface area contributed by atoms with Gasteiger partial charge in [-0.3, -0.25) is 9.69 Å². The average Bonchev–Trinajstić information content (AvgIpc) is 3.18. The number of nitrogens with zero attached hydrogens (tertiary/aromatic N) is 1. The quantitative estimate of drug-likeness (QED) is 0.423. The van der Waals surface area contributed by atoms with Crippen molar-refractivity contribution in [3.8, 4) is 11.3 Å². The lowest BCUT2D eigenvalue weighted by molar-refractivity contribution is -0.147. The summed E-state index contributed by atoms with van der Waals surface area (Å²) in [4.78, 5) is 14.3. The Kier molecular flexibility index (Phi) is 5.46. The fourth-order valence-electron chi connectivity index (χ4n) is 3.92. The number of fused-ring (bicyclic) bond motifs is 1. The zero-order valence-electron chi connectivity index (χ0n) is 17.0. The fraction of sp³-hybridized carbons (Fsp3) is 0.160. The molecule has 1 unspecified atom stereocenters. The third-order valence-electron chi connectivity index (χ3n) is 5.67. The molecule has 0 spiro atoms. The second kappa shape index (κ2) is 8.43. The molecule has 5 nitrogen and oxygen atoms in total. The first kappa shape index (κ1) is 20.8. The summed E-state index contributed by atoms with van der Waals surface area (Å²) in [6.07, 6.45) is 0. The summed E-state index contributed by atoms with van der Waals surface area (Å²) in [5.41, 5.74) is 1.73. The van der Waals surface area contributed by atoms with Crippen molar-refractivity contribution in [2.45, 2.75) is 16.3 Å². The molecular formula is C25H20FNO4S. The van der Waals surface area contributed by atoms with Gasteiger partial charge >= 0.3 is 5.97 Å². The van der Waals surface area contributed by atoms with Crippen LogP contribution in [0.3, 0.4) is 0 Å². The fourth-order valence-corrected chi connectivity index (χ4v) is 5.02. The molecule has 7 heteroatoms. The maximum atomic E-state index is 14.8. The van der Waals surface area contributed by atoms with Crippen LogP contribution in [0.25, 0.3) is 22.3 Å². The van der Waals surface area contributed by atoms with Crippen molar-refractivity contribution in [1.29, 1.82) is 0 Å². The van der Waals surface area contributed by atoms with Gasteiger partial charge in [0.1, 0.15) is 17.2 Å². The number of carboxylic acids is 1. The highest BCUT2D eigenvalue weighted by Crippen LogP contribution is 2.33. The van der Waals surface area contributed by atoms with Crippen molar-refractivity contribution in [2.24, 2.45) is 5.92 Å². The Bertz CT molecular complexity index is 1280. The molecule has 1 aromatic heterocycles. The molecule has 0 radical (unpaired) electrons. The molecule has 1 aliphatic heterocycles. The number of halogens is 1. The Labute approximate surface area is 187 Å². The molecule has 1 fully saturated rings. The summed E-state index contributed by atoms with van der Waals surface area (Å²) < 4.78 is 33.5. The number of hydrogen-bond donors (Lipinski definition) is 1. The summed E-state index contributed by atoms with van der Waals surface area (Å²) in [6.45, 7) is 1.47. The van der Waals surface area contributed by atoms with Crippen molar-refractivity contribution in [3.63, 3.8) is 0 Å². The van der Waals surface area contributed by atoms with E-state index in [4.69, 9.17) is 9.52 Å². The van der Waals surface area contributed by atoms with E-state index in [1.165, 1.54) is 6.07 Å². The van der Waals surface area contributed by atoms with Gasteiger partial charge in [-0.25, -0.2) is 4.39 Å². The molecule has 3 aromatic carbocycles. The predicted molar refractivity (Wildman–Crippen MR) is 119 cm³/mol. The van der Waals surface area contributed by atoms with Gasteiger partial charge in [0.2, 0.25) is 0 Å². The summed E-state index contributed by atoms with van der Waals surface area (Å²) in [5.74, 6) is -1.12. The predicted octanol–water partition coefficient (Wildman–Crippen LogP) is 4.92. The van der Waals surface area contributed by atoms with Gasteiger partial charge in [0.05, 0.1) is 11.5 Å². The molecule has 0 aliphatic carbocycles. The molecule has 162 valence electrons. The largest absolute Gasteiger partial charge is 0.606 e. The van der Waals surface area contributed by atoms with Crippen molar-refractivity contribution >= 4 is 28.1 Å². The number of aliphatic carboxylic acids is 1. The van der Waals surface area contributed by atoms with Crippen LogP contribution < -0.4 is 0 Å². The van der Waals surface area contributed by atoms with E-state index >= 15 is 0 Å². The number of rotatable bonds is 6. The minimum absolute atomic E-state index is 0.337. The van der Waals surface area contributed by atoms with Gasteiger partial charge in [0, 0.05) is 42.3 Å². The Balaban J connectivity index is 1.36. The number of carbonyl (C=O) groups is 1. The molecule has 2 heterocycles. The molecule has 5 rings (SSSR count). The third kappa shape index (κ3) is 4.02. The summed E-state index contributed by atoms with van der Waals surface area (Å²) in [6, 6.07) is 21.3. The summed E-state index contributed by atoms with van der Waals surface area (Å²) in [7, 11) is 0. The molecule has 1 N–H and O–H groups in total. The standard InChI is InChI=1S/C25H20FNO4S/c26-22-10-16(13-27-14-18(15-27)25(28)29)6-8-21(22)24-12-17-11-20(7-9-23(17)31-24)32(30)19-4-2-1-3-5-19/h1-12,18H,13-15H2,(H,28,29). The van der Waals surface area contributed by atoms with Crippen LogP contribution in [-0.4, -0.2) is 33.6 Å². The molecular weight excluding hydrogens is 429 g/mol. The third-order valence-corrected chi connectivity index (χ3v) is 7.05. The second-order valence-electron chi connectivity index (χ2n) is 7.94. The monoisotopic (exact) mass is 449 g/mol. The van der Waals surface area contributed by atoms with Gasteiger partial charge in [-0.1, -0.05) is 24.3 Å². The number of likely N-dealkylation sites (tertiary alicyclic amines) is 1. The highest BCUT2D eigenvalue weighted by Gasteiger charge is 2.32. The molecule has 1 atom stereocenters. The van der Waals surface area contributed by atoms with Crippen LogP contribution in [0, 0.1) is 11.7 Å². The first-order valence-electron chi connectivity index (χ1n) is 10.2. The van der Waals surface area contributed by atoms with E-state index in [0.717, 1.165) is 10.9 Å². The van der Waals surface area contributed by atoms with Crippen LogP contribution in [0.2, 0.25) is 0 Å². The first-order valence-corrected chi connectivity index (χ1v) is 11.4. The van der Waals surface area contributed by atoms with E-state index in [1.807, 2.05) is 41.3 Å². The Morgan fingerprint density at radius 3 is 2.56 bits per heavy atom. The maximum Gasteiger partial charge on any atom is 0.309 e. The first-order chi connectivity index (χ1) is 15.5. The normalized spacial score (nSPS) is 15.6. The topological polar surface area (TPSA) is 76.7 Å². The van der Waals surface area contributed by atoms with Crippen LogP contribution in [0.1, 0.15) is 5.56 Å².